The molecule has 0 aliphatic heterocycles. The minimum atomic E-state index is -0.954. The Hall–Kier alpha value is -3.03. The molecule has 6 nitrogen and oxygen atoms in total. The topological polar surface area (TPSA) is 80.1 Å². The van der Waals surface area contributed by atoms with Gasteiger partial charge in [0.05, 0.1) is 10.9 Å². The molecular weight excluding hydrogens is 354 g/mol. The fraction of sp³-hybridized carbons (Fsp3) is 0.316. The summed E-state index contributed by atoms with van der Waals surface area (Å²) in [4.78, 5) is 21.2. The third kappa shape index (κ3) is 3.34. The number of hydrogen-bond donors (Lipinski definition) is 2. The first kappa shape index (κ1) is 17.4. The van der Waals surface area contributed by atoms with E-state index in [0.717, 1.165) is 25.0 Å². The number of amides is 1. The first-order valence-electron chi connectivity index (χ1n) is 8.61. The zero-order valence-electron chi connectivity index (χ0n) is 14.9. The Morgan fingerprint density at radius 2 is 2.04 bits per heavy atom. The van der Waals surface area contributed by atoms with Crippen LogP contribution in [0.1, 0.15) is 41.4 Å². The van der Waals surface area contributed by atoms with E-state index >= 15 is 0 Å². The smallest absolute Gasteiger partial charge is 0.255 e. The number of furan rings is 1. The maximum absolute atomic E-state index is 13.3. The molecular formula is C19H18F2N4O2. The molecule has 140 valence electrons. The first-order valence-corrected chi connectivity index (χ1v) is 8.61. The number of carbonyl (C=O) groups excluding carboxylic acids is 1. The number of rotatable bonds is 5. The van der Waals surface area contributed by atoms with E-state index in [-0.39, 0.29) is 12.1 Å². The van der Waals surface area contributed by atoms with Gasteiger partial charge in [0.1, 0.15) is 17.9 Å². The molecule has 0 spiro atoms. The average molecular weight is 372 g/mol. The van der Waals surface area contributed by atoms with Gasteiger partial charge in [-0.1, -0.05) is 6.07 Å². The number of hydrogen-bond acceptors (Lipinski definition) is 5. The van der Waals surface area contributed by atoms with Crippen LogP contribution in [0.25, 0.3) is 11.1 Å². The zero-order chi connectivity index (χ0) is 19.2. The number of carbonyl (C=O) groups is 1. The van der Waals surface area contributed by atoms with Crippen LogP contribution in [0.5, 0.6) is 0 Å². The predicted molar refractivity (Wildman–Crippen MR) is 95.3 cm³/mol. The quantitative estimate of drug-likeness (QED) is 0.714. The molecule has 2 N–H and O–H groups in total. The third-order valence-corrected chi connectivity index (χ3v) is 4.75. The molecule has 0 bridgehead atoms. The monoisotopic (exact) mass is 372 g/mol. The van der Waals surface area contributed by atoms with Gasteiger partial charge in [-0.15, -0.1) is 0 Å². The summed E-state index contributed by atoms with van der Waals surface area (Å²) in [5.74, 6) is -1.31. The van der Waals surface area contributed by atoms with Gasteiger partial charge in [-0.05, 0) is 44.4 Å². The normalized spacial score (nSPS) is 15.0. The van der Waals surface area contributed by atoms with Crippen LogP contribution < -0.4 is 10.6 Å². The van der Waals surface area contributed by atoms with Crippen molar-refractivity contribution in [3.63, 3.8) is 0 Å². The minimum absolute atomic E-state index is 0.0359. The first-order chi connectivity index (χ1) is 12.9. The third-order valence-electron chi connectivity index (χ3n) is 4.75. The highest BCUT2D eigenvalue weighted by molar-refractivity contribution is 6.10. The molecule has 2 heterocycles. The second kappa shape index (κ2) is 6.29. The van der Waals surface area contributed by atoms with Crippen molar-refractivity contribution in [2.24, 2.45) is 0 Å². The molecule has 0 radical (unpaired) electrons. The molecule has 1 amide bonds. The number of halogens is 2. The molecule has 3 aromatic rings. The second-order valence-corrected chi connectivity index (χ2v) is 7.05. The Kier molecular flexibility index (Phi) is 4.05. The van der Waals surface area contributed by atoms with Gasteiger partial charge in [-0.25, -0.2) is 18.7 Å². The maximum atomic E-state index is 13.3. The molecule has 1 saturated carbocycles. The predicted octanol–water partition coefficient (Wildman–Crippen LogP) is 3.70. The van der Waals surface area contributed by atoms with E-state index < -0.39 is 17.5 Å². The molecule has 0 unspecified atom stereocenters. The van der Waals surface area contributed by atoms with Gasteiger partial charge in [-0.2, -0.15) is 0 Å². The number of nitrogens with one attached hydrogen (secondary N) is 2. The van der Waals surface area contributed by atoms with Crippen molar-refractivity contribution in [2.45, 2.75) is 38.8 Å². The van der Waals surface area contributed by atoms with E-state index in [2.05, 4.69) is 27.5 Å². The van der Waals surface area contributed by atoms with Crippen LogP contribution in [-0.2, 0) is 6.54 Å². The summed E-state index contributed by atoms with van der Waals surface area (Å²) in [6, 6.07) is 3.50. The summed E-state index contributed by atoms with van der Waals surface area (Å²) >= 11 is 0. The number of aromatic nitrogens is 2. The van der Waals surface area contributed by atoms with Crippen LogP contribution in [-0.4, -0.2) is 21.4 Å². The van der Waals surface area contributed by atoms with Crippen LogP contribution in [0.2, 0.25) is 0 Å². The summed E-state index contributed by atoms with van der Waals surface area (Å²) in [6.07, 6.45) is 3.43. The van der Waals surface area contributed by atoms with Crippen molar-refractivity contribution in [2.75, 3.05) is 5.32 Å². The number of benzene rings is 1. The Morgan fingerprint density at radius 1 is 1.26 bits per heavy atom. The van der Waals surface area contributed by atoms with Crippen molar-refractivity contribution in [1.82, 2.24) is 15.3 Å². The Balaban J connectivity index is 1.62. The van der Waals surface area contributed by atoms with E-state index in [9.17, 15) is 13.6 Å². The van der Waals surface area contributed by atoms with Gasteiger partial charge < -0.3 is 15.1 Å². The Bertz CT molecular complexity index is 1040. The molecule has 8 heteroatoms. The number of fused-ring (bicyclic) bond motifs is 1. The maximum Gasteiger partial charge on any atom is 0.255 e. The van der Waals surface area contributed by atoms with E-state index in [0.29, 0.717) is 33.8 Å². The van der Waals surface area contributed by atoms with E-state index in [1.54, 1.807) is 6.92 Å². The fourth-order valence-electron chi connectivity index (χ4n) is 2.93. The molecule has 1 fully saturated rings. The zero-order valence-corrected chi connectivity index (χ0v) is 14.9. The van der Waals surface area contributed by atoms with E-state index in [4.69, 9.17) is 4.42 Å². The van der Waals surface area contributed by atoms with E-state index in [1.807, 2.05) is 0 Å². The lowest BCUT2D eigenvalue weighted by Crippen LogP contribution is -2.24. The van der Waals surface area contributed by atoms with Crippen molar-refractivity contribution >= 4 is 22.8 Å². The van der Waals surface area contributed by atoms with Crippen molar-refractivity contribution in [1.29, 1.82) is 0 Å². The summed E-state index contributed by atoms with van der Waals surface area (Å²) in [7, 11) is 0. The summed E-state index contributed by atoms with van der Waals surface area (Å²) < 4.78 is 32.0. The molecule has 1 aromatic carbocycles. The van der Waals surface area contributed by atoms with Crippen molar-refractivity contribution in [3.05, 3.63) is 53.0 Å². The lowest BCUT2D eigenvalue weighted by Gasteiger charge is -2.13. The largest absolute Gasteiger partial charge is 0.442 e. The Morgan fingerprint density at radius 3 is 2.74 bits per heavy atom. The van der Waals surface area contributed by atoms with Crippen LogP contribution in [0.3, 0.4) is 0 Å². The van der Waals surface area contributed by atoms with Gasteiger partial charge in [0.2, 0.25) is 5.71 Å². The summed E-state index contributed by atoms with van der Waals surface area (Å²) in [6.45, 7) is 3.81. The van der Waals surface area contributed by atoms with Gasteiger partial charge in [0, 0.05) is 12.1 Å². The van der Waals surface area contributed by atoms with Gasteiger partial charge in [-0.3, -0.25) is 4.79 Å². The van der Waals surface area contributed by atoms with Crippen LogP contribution >= 0.6 is 0 Å². The number of anilines is 1. The molecule has 2 aromatic heterocycles. The molecule has 0 atom stereocenters. The van der Waals surface area contributed by atoms with Crippen LogP contribution in [0, 0.1) is 18.6 Å². The lowest BCUT2D eigenvalue weighted by atomic mass is 10.1. The number of aryl methyl sites for hydroxylation is 1. The molecule has 27 heavy (non-hydrogen) atoms. The average Bonchev–Trinajstić information content (AvgIpc) is 3.24. The van der Waals surface area contributed by atoms with Gasteiger partial charge in [0.25, 0.3) is 5.91 Å². The van der Waals surface area contributed by atoms with E-state index in [1.165, 1.54) is 12.4 Å². The second-order valence-electron chi connectivity index (χ2n) is 7.05. The highest BCUT2D eigenvalue weighted by atomic mass is 19.2. The molecule has 4 rings (SSSR count). The molecule has 1 aliphatic carbocycles. The standard InChI is InChI=1S/C19H18F2N4O2/c1-10-14(17(26)22-8-11-3-4-12(20)13(21)7-11)15-16(25-19(2)5-6-19)23-9-24-18(15)27-10/h3-4,7,9H,5-6,8H2,1-2H3,(H,22,26)(H,23,24,25). The highest BCUT2D eigenvalue weighted by Gasteiger charge is 2.38. The van der Waals surface area contributed by atoms with Crippen molar-refractivity contribution in [3.8, 4) is 0 Å². The van der Waals surface area contributed by atoms with Crippen molar-refractivity contribution < 1.29 is 18.0 Å². The van der Waals surface area contributed by atoms with Crippen LogP contribution in [0.15, 0.2) is 28.9 Å². The fourth-order valence-corrected chi connectivity index (χ4v) is 2.93. The molecule has 1 aliphatic rings. The molecule has 0 saturated heterocycles. The highest BCUT2D eigenvalue weighted by Crippen LogP contribution is 2.40. The lowest BCUT2D eigenvalue weighted by molar-refractivity contribution is 0.0950. The minimum Gasteiger partial charge on any atom is -0.442 e. The van der Waals surface area contributed by atoms with Gasteiger partial charge >= 0.3 is 0 Å². The van der Waals surface area contributed by atoms with Crippen LogP contribution in [0.4, 0.5) is 14.6 Å². The SMILES string of the molecule is Cc1oc2ncnc(NC3(C)CC3)c2c1C(=O)NCc1ccc(F)c(F)c1. The van der Waals surface area contributed by atoms with Gasteiger partial charge in [0.15, 0.2) is 11.6 Å². The Labute approximate surface area is 154 Å². The summed E-state index contributed by atoms with van der Waals surface area (Å²) in [5.41, 5.74) is 1.08. The summed E-state index contributed by atoms with van der Waals surface area (Å²) in [5, 5.41) is 6.58. The number of nitrogens with zero attached hydrogens (tertiary/aromatic N) is 2.